The maximum atomic E-state index is 12.6. The first-order chi connectivity index (χ1) is 8.95. The van der Waals surface area contributed by atoms with Gasteiger partial charge in [-0.25, -0.2) is 8.42 Å². The Kier molecular flexibility index (Phi) is 4.62. The summed E-state index contributed by atoms with van der Waals surface area (Å²) in [6.07, 6.45) is 1.87. The highest BCUT2D eigenvalue weighted by Gasteiger charge is 2.36. The van der Waals surface area contributed by atoms with E-state index in [1.54, 1.807) is 16.4 Å². The number of hydrogen-bond donors (Lipinski definition) is 1. The predicted octanol–water partition coefficient (Wildman–Crippen LogP) is 0.921. The molecule has 1 atom stereocenters. The molecule has 0 amide bonds. The summed E-state index contributed by atoms with van der Waals surface area (Å²) in [6.45, 7) is 1.78. The van der Waals surface area contributed by atoms with Crippen LogP contribution >= 0.6 is 11.3 Å². The Morgan fingerprint density at radius 3 is 2.79 bits per heavy atom. The third-order valence-electron chi connectivity index (χ3n) is 3.30. The molecule has 0 saturated carbocycles. The first-order valence-corrected chi connectivity index (χ1v) is 8.66. The molecule has 19 heavy (non-hydrogen) atoms. The molecule has 1 saturated heterocycles. The van der Waals surface area contributed by atoms with Gasteiger partial charge in [0.1, 0.15) is 4.21 Å². The van der Waals surface area contributed by atoms with Crippen LogP contribution in [-0.4, -0.2) is 50.8 Å². The first-order valence-electron chi connectivity index (χ1n) is 6.40. The molecule has 1 fully saturated rings. The van der Waals surface area contributed by atoms with Crippen LogP contribution in [0.4, 0.5) is 0 Å². The zero-order valence-corrected chi connectivity index (χ0v) is 13.0. The van der Waals surface area contributed by atoms with Crippen LogP contribution in [0.5, 0.6) is 0 Å². The van der Waals surface area contributed by atoms with Gasteiger partial charge in [0.15, 0.2) is 0 Å². The number of rotatable bonds is 5. The van der Waals surface area contributed by atoms with E-state index in [-0.39, 0.29) is 6.04 Å². The molecule has 2 N–H and O–H groups in total. The van der Waals surface area contributed by atoms with Crippen LogP contribution in [-0.2, 0) is 16.6 Å². The van der Waals surface area contributed by atoms with Crippen molar-refractivity contribution in [1.82, 2.24) is 9.21 Å². The quantitative estimate of drug-likeness (QED) is 0.878. The van der Waals surface area contributed by atoms with Crippen molar-refractivity contribution >= 4 is 21.4 Å². The van der Waals surface area contributed by atoms with Crippen LogP contribution in [0.1, 0.15) is 17.7 Å². The van der Waals surface area contributed by atoms with Gasteiger partial charge in [-0.3, -0.25) is 0 Å². The molecule has 0 bridgehead atoms. The van der Waals surface area contributed by atoms with Crippen LogP contribution in [0.3, 0.4) is 0 Å². The fourth-order valence-corrected chi connectivity index (χ4v) is 5.50. The third-order valence-corrected chi connectivity index (χ3v) is 6.83. The monoisotopic (exact) mass is 303 g/mol. The van der Waals surface area contributed by atoms with Gasteiger partial charge in [-0.15, -0.1) is 11.3 Å². The Bertz CT molecular complexity index is 525. The Morgan fingerprint density at radius 2 is 2.21 bits per heavy atom. The molecule has 2 heterocycles. The van der Waals surface area contributed by atoms with Crippen LogP contribution in [0.2, 0.25) is 0 Å². The average molecular weight is 303 g/mol. The lowest BCUT2D eigenvalue weighted by Gasteiger charge is -2.25. The lowest BCUT2D eigenvalue weighted by molar-refractivity contribution is 0.291. The largest absolute Gasteiger partial charge is 0.326 e. The minimum Gasteiger partial charge on any atom is -0.326 e. The van der Waals surface area contributed by atoms with E-state index in [0.29, 0.717) is 17.3 Å². The molecule has 1 aromatic rings. The molecule has 1 unspecified atom stereocenters. The topological polar surface area (TPSA) is 66.6 Å². The molecule has 108 valence electrons. The summed E-state index contributed by atoms with van der Waals surface area (Å²) in [5, 5.41) is 0. The smallest absolute Gasteiger partial charge is 0.252 e. The van der Waals surface area contributed by atoms with Crippen LogP contribution in [0.25, 0.3) is 0 Å². The normalized spacial score (nSPS) is 21.4. The Morgan fingerprint density at radius 1 is 1.47 bits per heavy atom. The summed E-state index contributed by atoms with van der Waals surface area (Å²) in [7, 11) is 0.593. The van der Waals surface area contributed by atoms with Gasteiger partial charge < -0.3 is 10.6 Å². The van der Waals surface area contributed by atoms with Crippen molar-refractivity contribution in [3.63, 3.8) is 0 Å². The molecular weight excluding hydrogens is 282 g/mol. The number of sulfonamides is 1. The number of hydrogen-bond acceptors (Lipinski definition) is 5. The first kappa shape index (κ1) is 14.9. The van der Waals surface area contributed by atoms with E-state index < -0.39 is 10.0 Å². The van der Waals surface area contributed by atoms with Crippen molar-refractivity contribution < 1.29 is 8.42 Å². The van der Waals surface area contributed by atoms with E-state index in [0.717, 1.165) is 24.3 Å². The van der Waals surface area contributed by atoms with E-state index in [2.05, 4.69) is 0 Å². The fourth-order valence-electron chi connectivity index (χ4n) is 2.45. The van der Waals surface area contributed by atoms with Gasteiger partial charge in [0.25, 0.3) is 10.0 Å². The number of nitrogens with zero attached hydrogens (tertiary/aromatic N) is 2. The Balaban J connectivity index is 2.23. The van der Waals surface area contributed by atoms with E-state index in [1.807, 2.05) is 19.0 Å². The summed E-state index contributed by atoms with van der Waals surface area (Å²) < 4.78 is 27.3. The summed E-state index contributed by atoms with van der Waals surface area (Å²) in [6, 6.07) is 3.56. The van der Waals surface area contributed by atoms with E-state index in [9.17, 15) is 8.42 Å². The molecule has 2 rings (SSSR count). The maximum Gasteiger partial charge on any atom is 0.252 e. The second-order valence-electron chi connectivity index (χ2n) is 5.10. The summed E-state index contributed by atoms with van der Waals surface area (Å²) in [5.74, 6) is 0. The van der Waals surface area contributed by atoms with E-state index in [1.165, 1.54) is 11.3 Å². The molecular formula is C12H21N3O2S2. The van der Waals surface area contributed by atoms with Crippen LogP contribution in [0.15, 0.2) is 16.3 Å². The lowest BCUT2D eigenvalue weighted by atomic mass is 10.2. The van der Waals surface area contributed by atoms with Gasteiger partial charge in [0, 0.05) is 30.6 Å². The standard InChI is InChI=1S/C12H21N3O2S2/c1-14(2)9-10-4-3-7-15(10)19(16,17)12-6-5-11(8-13)18-12/h5-6,10H,3-4,7-9,13H2,1-2H3. The van der Waals surface area contributed by atoms with Gasteiger partial charge in [0.2, 0.25) is 0 Å². The van der Waals surface area contributed by atoms with Gasteiger partial charge in [-0.05, 0) is 39.1 Å². The molecule has 7 heteroatoms. The minimum absolute atomic E-state index is 0.0865. The van der Waals surface area contributed by atoms with Crippen molar-refractivity contribution in [2.24, 2.45) is 5.73 Å². The minimum atomic E-state index is -3.35. The molecule has 0 spiro atoms. The van der Waals surface area contributed by atoms with Gasteiger partial charge >= 0.3 is 0 Å². The van der Waals surface area contributed by atoms with Gasteiger partial charge in [0.05, 0.1) is 0 Å². The van der Waals surface area contributed by atoms with Crippen molar-refractivity contribution in [2.45, 2.75) is 29.6 Å². The Hall–Kier alpha value is -0.470. The van der Waals surface area contributed by atoms with E-state index >= 15 is 0 Å². The molecule has 1 aromatic heterocycles. The van der Waals surface area contributed by atoms with Crippen LogP contribution in [0, 0.1) is 0 Å². The maximum absolute atomic E-state index is 12.6. The van der Waals surface area contributed by atoms with Crippen molar-refractivity contribution in [3.05, 3.63) is 17.0 Å². The third kappa shape index (κ3) is 3.17. The lowest BCUT2D eigenvalue weighted by Crippen LogP contribution is -2.40. The van der Waals surface area contributed by atoms with E-state index in [4.69, 9.17) is 5.73 Å². The molecule has 0 aliphatic carbocycles. The van der Waals surface area contributed by atoms with Crippen molar-refractivity contribution in [3.8, 4) is 0 Å². The second kappa shape index (κ2) is 5.88. The second-order valence-corrected chi connectivity index (χ2v) is 8.38. The number of likely N-dealkylation sites (N-methyl/N-ethyl adjacent to an activating group) is 1. The molecule has 1 aliphatic rings. The van der Waals surface area contributed by atoms with Gasteiger partial charge in [-0.1, -0.05) is 0 Å². The predicted molar refractivity (Wildman–Crippen MR) is 77.7 cm³/mol. The van der Waals surface area contributed by atoms with Crippen LogP contribution < -0.4 is 5.73 Å². The SMILES string of the molecule is CN(C)CC1CCCN1S(=O)(=O)c1ccc(CN)s1. The molecule has 0 aromatic carbocycles. The highest BCUT2D eigenvalue weighted by Crippen LogP contribution is 2.30. The fraction of sp³-hybridized carbons (Fsp3) is 0.667. The molecule has 0 radical (unpaired) electrons. The van der Waals surface area contributed by atoms with Crippen molar-refractivity contribution in [2.75, 3.05) is 27.2 Å². The average Bonchev–Trinajstić information content (AvgIpc) is 2.95. The summed E-state index contributed by atoms with van der Waals surface area (Å²) in [5.41, 5.74) is 5.55. The number of thiophene rings is 1. The highest BCUT2D eigenvalue weighted by molar-refractivity contribution is 7.91. The molecule has 1 aliphatic heterocycles. The number of nitrogens with two attached hydrogens (primary N) is 1. The highest BCUT2D eigenvalue weighted by atomic mass is 32.2. The zero-order chi connectivity index (χ0) is 14.0. The van der Waals surface area contributed by atoms with Gasteiger partial charge in [-0.2, -0.15) is 4.31 Å². The zero-order valence-electron chi connectivity index (χ0n) is 11.4. The Labute approximate surface area is 119 Å². The summed E-state index contributed by atoms with van der Waals surface area (Å²) in [4.78, 5) is 2.94. The van der Waals surface area contributed by atoms with Crippen molar-refractivity contribution in [1.29, 1.82) is 0 Å². The molecule has 5 nitrogen and oxygen atoms in total. The summed E-state index contributed by atoms with van der Waals surface area (Å²) >= 11 is 1.28.